The summed E-state index contributed by atoms with van der Waals surface area (Å²) in [4.78, 5) is 15.3. The standard InChI is InChI=1S/C43H35N3O/c1-2-9-28(10-3-1)30-17-22-32(23-18-30)41-44-42(46-43(45-41)35-26-19-29-11-4-5-12-34(29)27-35)33-24-20-31(21-25-33)36-14-8-16-39-40(36)37-13-6-7-15-38(37)47-39/h2,4,6-7,9-11,13-15,17-18,20-25,27H,1,3,5,8,12,16,19,26H2. The third-order valence-electron chi connectivity index (χ3n) is 9.83. The second kappa shape index (κ2) is 11.8. The zero-order valence-corrected chi connectivity index (χ0v) is 26.4. The van der Waals surface area contributed by atoms with E-state index in [1.54, 1.807) is 0 Å². The monoisotopic (exact) mass is 609 g/mol. The van der Waals surface area contributed by atoms with Crippen LogP contribution in [0.15, 0.2) is 131 Å². The topological polar surface area (TPSA) is 51.8 Å². The summed E-state index contributed by atoms with van der Waals surface area (Å²) in [6, 6.07) is 25.7. The molecule has 228 valence electrons. The summed E-state index contributed by atoms with van der Waals surface area (Å²) in [5, 5.41) is 1.18. The van der Waals surface area contributed by atoms with Crippen LogP contribution < -0.4 is 0 Å². The normalized spacial score (nSPS) is 17.2. The average molecular weight is 610 g/mol. The van der Waals surface area contributed by atoms with Gasteiger partial charge in [0.1, 0.15) is 11.3 Å². The Morgan fingerprint density at radius 2 is 1.26 bits per heavy atom. The second-order valence-electron chi connectivity index (χ2n) is 12.8. The third-order valence-corrected chi connectivity index (χ3v) is 9.83. The van der Waals surface area contributed by atoms with E-state index in [0.29, 0.717) is 11.6 Å². The van der Waals surface area contributed by atoms with Crippen LogP contribution in [-0.4, -0.2) is 15.0 Å². The van der Waals surface area contributed by atoms with E-state index in [9.17, 15) is 0 Å². The zero-order valence-electron chi connectivity index (χ0n) is 26.4. The molecule has 0 unspecified atom stereocenters. The number of allylic oxidation sites excluding steroid dienone is 11. The molecule has 0 fully saturated rings. The number of aromatic nitrogens is 3. The quantitative estimate of drug-likeness (QED) is 0.199. The highest BCUT2D eigenvalue weighted by atomic mass is 16.3. The highest BCUT2D eigenvalue weighted by molar-refractivity contribution is 5.98. The van der Waals surface area contributed by atoms with Crippen molar-refractivity contribution in [1.29, 1.82) is 0 Å². The molecule has 0 spiro atoms. The number of benzene rings is 3. The molecule has 0 amide bonds. The van der Waals surface area contributed by atoms with E-state index in [0.717, 1.165) is 79.7 Å². The summed E-state index contributed by atoms with van der Waals surface area (Å²) < 4.78 is 6.25. The molecule has 2 heterocycles. The lowest BCUT2D eigenvalue weighted by Gasteiger charge is -2.20. The number of rotatable bonds is 5. The molecule has 0 N–H and O–H groups in total. The molecule has 0 bridgehead atoms. The Hall–Kier alpha value is -5.35. The van der Waals surface area contributed by atoms with Crippen LogP contribution in [0.5, 0.6) is 0 Å². The number of hydrogen-bond acceptors (Lipinski definition) is 4. The maximum absolute atomic E-state index is 6.25. The summed E-state index contributed by atoms with van der Waals surface area (Å²) in [6.07, 6.45) is 24.3. The lowest BCUT2D eigenvalue weighted by Crippen LogP contribution is -2.07. The first-order valence-corrected chi connectivity index (χ1v) is 16.9. The fourth-order valence-corrected chi connectivity index (χ4v) is 7.36. The van der Waals surface area contributed by atoms with Gasteiger partial charge >= 0.3 is 0 Å². The van der Waals surface area contributed by atoms with Crippen LogP contribution in [0.2, 0.25) is 0 Å². The molecule has 4 aliphatic carbocycles. The predicted molar refractivity (Wildman–Crippen MR) is 191 cm³/mol. The molecule has 47 heavy (non-hydrogen) atoms. The van der Waals surface area contributed by atoms with Crippen molar-refractivity contribution in [2.75, 3.05) is 0 Å². The van der Waals surface area contributed by atoms with E-state index in [2.05, 4.69) is 109 Å². The summed E-state index contributed by atoms with van der Waals surface area (Å²) in [5.41, 5.74) is 13.2. The molecule has 0 atom stereocenters. The molecule has 9 rings (SSSR count). The number of aryl methyl sites for hydroxylation is 1. The van der Waals surface area contributed by atoms with Gasteiger partial charge in [-0.1, -0.05) is 109 Å². The molecule has 0 aliphatic heterocycles. The Morgan fingerprint density at radius 3 is 2.04 bits per heavy atom. The Balaban J connectivity index is 1.10. The average Bonchev–Trinajstić information content (AvgIpc) is 3.54. The molecular weight excluding hydrogens is 574 g/mol. The van der Waals surface area contributed by atoms with Crippen molar-refractivity contribution >= 4 is 27.7 Å². The van der Waals surface area contributed by atoms with Crippen molar-refractivity contribution in [2.24, 2.45) is 0 Å². The highest BCUT2D eigenvalue weighted by Crippen LogP contribution is 2.40. The Labute approximate surface area is 275 Å². The molecule has 4 heteroatoms. The van der Waals surface area contributed by atoms with Crippen molar-refractivity contribution in [3.05, 3.63) is 155 Å². The van der Waals surface area contributed by atoms with Gasteiger partial charge in [0.25, 0.3) is 0 Å². The lowest BCUT2D eigenvalue weighted by atomic mass is 9.86. The Bertz CT molecular complexity index is 2220. The number of para-hydroxylation sites is 1. The molecule has 5 aromatic rings. The van der Waals surface area contributed by atoms with E-state index in [1.807, 2.05) is 6.07 Å². The summed E-state index contributed by atoms with van der Waals surface area (Å²) >= 11 is 0. The predicted octanol–water partition coefficient (Wildman–Crippen LogP) is 10.9. The van der Waals surface area contributed by atoms with Crippen LogP contribution in [-0.2, 0) is 6.42 Å². The maximum Gasteiger partial charge on any atom is 0.164 e. The smallest absolute Gasteiger partial charge is 0.164 e. The van der Waals surface area contributed by atoms with Crippen LogP contribution in [0.25, 0.3) is 50.5 Å². The minimum atomic E-state index is 0.704. The largest absolute Gasteiger partial charge is 0.460 e. The minimum absolute atomic E-state index is 0.704. The van der Waals surface area contributed by atoms with E-state index in [-0.39, 0.29) is 0 Å². The van der Waals surface area contributed by atoms with Crippen LogP contribution in [0.4, 0.5) is 0 Å². The van der Waals surface area contributed by atoms with Crippen LogP contribution in [0.1, 0.15) is 73.2 Å². The second-order valence-corrected chi connectivity index (χ2v) is 12.8. The van der Waals surface area contributed by atoms with E-state index >= 15 is 0 Å². The lowest BCUT2D eigenvalue weighted by molar-refractivity contribution is 0.545. The van der Waals surface area contributed by atoms with Gasteiger partial charge in [0.05, 0.1) is 0 Å². The fraction of sp³-hybridized carbons (Fsp3) is 0.186. The van der Waals surface area contributed by atoms with Gasteiger partial charge in [0.15, 0.2) is 17.5 Å². The number of nitrogens with zero attached hydrogens (tertiary/aromatic N) is 3. The van der Waals surface area contributed by atoms with E-state index < -0.39 is 0 Å². The zero-order chi connectivity index (χ0) is 31.2. The van der Waals surface area contributed by atoms with Gasteiger partial charge in [-0.2, -0.15) is 0 Å². The Morgan fingerprint density at radius 1 is 0.532 bits per heavy atom. The fourth-order valence-electron chi connectivity index (χ4n) is 7.36. The summed E-state index contributed by atoms with van der Waals surface area (Å²) in [5.74, 6) is 3.27. The third kappa shape index (κ3) is 5.24. The van der Waals surface area contributed by atoms with Gasteiger partial charge in [-0.15, -0.1) is 0 Å². The first kappa shape index (κ1) is 27.9. The molecular formula is C43H35N3O. The summed E-state index contributed by atoms with van der Waals surface area (Å²) in [6.45, 7) is 0. The van der Waals surface area contributed by atoms with E-state index in [4.69, 9.17) is 19.4 Å². The van der Waals surface area contributed by atoms with Gasteiger partial charge in [0, 0.05) is 28.5 Å². The van der Waals surface area contributed by atoms with Gasteiger partial charge < -0.3 is 4.42 Å². The summed E-state index contributed by atoms with van der Waals surface area (Å²) in [7, 11) is 0. The first-order valence-electron chi connectivity index (χ1n) is 16.9. The molecule has 4 aliphatic rings. The first-order chi connectivity index (χ1) is 23.3. The molecule has 4 nitrogen and oxygen atoms in total. The van der Waals surface area contributed by atoms with E-state index in [1.165, 1.54) is 49.9 Å². The molecule has 3 aromatic carbocycles. The molecule has 0 saturated heterocycles. The van der Waals surface area contributed by atoms with Crippen molar-refractivity contribution in [3.8, 4) is 22.8 Å². The van der Waals surface area contributed by atoms with Gasteiger partial charge in [-0.05, 0) is 90.0 Å². The SMILES string of the molecule is C1=CC(c2ccc(-c3nc(C4=CC5=C(C=CCC5)CC4)nc(-c4ccc(C5=CCCc6oc7ccccc7c65)cc4)n3)cc2)=CCC1. The number of furan rings is 1. The Kier molecular flexibility index (Phi) is 7.00. The van der Waals surface area contributed by atoms with Crippen LogP contribution in [0, 0.1) is 0 Å². The number of fused-ring (bicyclic) bond motifs is 3. The molecule has 2 aromatic heterocycles. The highest BCUT2D eigenvalue weighted by Gasteiger charge is 2.23. The molecule has 0 radical (unpaired) electrons. The minimum Gasteiger partial charge on any atom is -0.460 e. The van der Waals surface area contributed by atoms with Gasteiger partial charge in [-0.25, -0.2) is 15.0 Å². The van der Waals surface area contributed by atoms with Crippen molar-refractivity contribution < 1.29 is 4.42 Å². The number of hydrogen-bond donors (Lipinski definition) is 0. The van der Waals surface area contributed by atoms with Gasteiger partial charge in [0.2, 0.25) is 0 Å². The van der Waals surface area contributed by atoms with Crippen molar-refractivity contribution in [3.63, 3.8) is 0 Å². The van der Waals surface area contributed by atoms with Crippen LogP contribution in [0.3, 0.4) is 0 Å². The van der Waals surface area contributed by atoms with Crippen molar-refractivity contribution in [1.82, 2.24) is 15.0 Å². The molecule has 0 saturated carbocycles. The maximum atomic E-state index is 6.25. The van der Waals surface area contributed by atoms with Crippen LogP contribution >= 0.6 is 0 Å². The van der Waals surface area contributed by atoms with Crippen molar-refractivity contribution in [2.45, 2.75) is 51.4 Å². The van der Waals surface area contributed by atoms with Gasteiger partial charge in [-0.3, -0.25) is 0 Å².